The minimum Gasteiger partial charge on any atom is -0.467 e. The molecule has 0 aromatic heterocycles. The fourth-order valence-corrected chi connectivity index (χ4v) is 0.618. The second-order valence-corrected chi connectivity index (χ2v) is 1.86. The van der Waals surface area contributed by atoms with Crippen molar-refractivity contribution in [3.05, 3.63) is 0 Å². The molecular weight excluding hydrogens is 184 g/mol. The molecule has 0 rings (SSSR count). The Balaban J connectivity index is 0. The molecule has 0 aliphatic carbocycles. The van der Waals surface area contributed by atoms with Crippen LogP contribution in [0.25, 0.3) is 0 Å². The lowest BCUT2D eigenvalue weighted by atomic mass is 10.3. The van der Waals surface area contributed by atoms with E-state index >= 15 is 0 Å². The number of hydrogen-bond donors (Lipinski definition) is 2. The lowest BCUT2D eigenvalue weighted by Crippen LogP contribution is -2.47. The van der Waals surface area contributed by atoms with Gasteiger partial charge < -0.3 is 10.1 Å². The Kier molecular flexibility index (Phi) is 7.88. The molecule has 5 nitrogen and oxygen atoms in total. The second-order valence-electron chi connectivity index (χ2n) is 1.86. The number of esters is 1. The van der Waals surface area contributed by atoms with E-state index in [9.17, 15) is 9.59 Å². The molecule has 2 N–H and O–H groups in total. The van der Waals surface area contributed by atoms with E-state index in [0.717, 1.165) is 0 Å². The van der Waals surface area contributed by atoms with Crippen LogP contribution in [0.1, 0.15) is 0 Å². The van der Waals surface area contributed by atoms with Crippen LogP contribution in [0.15, 0.2) is 0 Å². The average Bonchev–Trinajstić information content (AvgIpc) is 2.05. The highest BCUT2D eigenvalue weighted by Gasteiger charge is 2.23. The third kappa shape index (κ3) is 3.54. The highest BCUT2D eigenvalue weighted by Crippen LogP contribution is 1.85. The summed E-state index contributed by atoms with van der Waals surface area (Å²) in [5, 5.41) is 4.85. The Morgan fingerprint density at radius 3 is 2.08 bits per heavy atom. The van der Waals surface area contributed by atoms with E-state index < -0.39 is 17.9 Å². The molecule has 0 bridgehead atoms. The van der Waals surface area contributed by atoms with Crippen molar-refractivity contribution >= 4 is 24.3 Å². The van der Waals surface area contributed by atoms with Gasteiger partial charge in [0, 0.05) is 7.05 Å². The number of methoxy groups -OCH3 is 1. The van der Waals surface area contributed by atoms with Gasteiger partial charge in [-0.3, -0.25) is 10.1 Å². The number of halogens is 1. The Morgan fingerprint density at radius 1 is 1.33 bits per heavy atom. The van der Waals surface area contributed by atoms with Crippen LogP contribution in [-0.4, -0.2) is 39.1 Å². The van der Waals surface area contributed by atoms with Gasteiger partial charge in [0.05, 0.1) is 7.11 Å². The van der Waals surface area contributed by atoms with Gasteiger partial charge in [0.15, 0.2) is 6.04 Å². The van der Waals surface area contributed by atoms with Crippen LogP contribution in [0.5, 0.6) is 0 Å². The van der Waals surface area contributed by atoms with Crippen molar-refractivity contribution in [1.82, 2.24) is 10.6 Å². The molecule has 0 saturated heterocycles. The quantitative estimate of drug-likeness (QED) is 0.445. The SMILES string of the molecule is CNC(=O)[C@@H](NC)C(=O)OC.Cl. The summed E-state index contributed by atoms with van der Waals surface area (Å²) in [4.78, 5) is 21.7. The predicted molar refractivity (Wildman–Crippen MR) is 46.2 cm³/mol. The standard InChI is InChI=1S/C6H12N2O3.ClH/c1-7-4(5(9)8-2)6(10)11-3;/h4,7H,1-3H3,(H,8,9);1H/t4-;/m1./s1. The normalized spacial score (nSPS) is 10.9. The number of amides is 1. The third-order valence-electron chi connectivity index (χ3n) is 1.23. The molecule has 0 saturated carbocycles. The minimum absolute atomic E-state index is 0. The summed E-state index contributed by atoms with van der Waals surface area (Å²) in [7, 11) is 4.20. The first-order valence-corrected chi connectivity index (χ1v) is 3.14. The number of ether oxygens (including phenoxy) is 1. The fraction of sp³-hybridized carbons (Fsp3) is 0.667. The minimum atomic E-state index is -0.912. The lowest BCUT2D eigenvalue weighted by molar-refractivity contribution is -0.146. The number of carbonyl (C=O) groups excluding carboxylic acids is 2. The van der Waals surface area contributed by atoms with Gasteiger partial charge in [0.2, 0.25) is 5.91 Å². The first-order chi connectivity index (χ1) is 5.17. The maximum absolute atomic E-state index is 10.9. The zero-order valence-electron chi connectivity index (χ0n) is 7.21. The Hall–Kier alpha value is -0.810. The first-order valence-electron chi connectivity index (χ1n) is 3.14. The van der Waals surface area contributed by atoms with E-state index in [4.69, 9.17) is 0 Å². The van der Waals surface area contributed by atoms with Crippen LogP contribution in [-0.2, 0) is 14.3 Å². The number of nitrogens with one attached hydrogen (secondary N) is 2. The van der Waals surface area contributed by atoms with Gasteiger partial charge in [-0.2, -0.15) is 0 Å². The summed E-state index contributed by atoms with van der Waals surface area (Å²) >= 11 is 0. The van der Waals surface area contributed by atoms with Crippen LogP contribution in [0.2, 0.25) is 0 Å². The third-order valence-corrected chi connectivity index (χ3v) is 1.23. The van der Waals surface area contributed by atoms with E-state index in [1.54, 1.807) is 0 Å². The average molecular weight is 197 g/mol. The molecular formula is C6H13ClN2O3. The molecule has 1 atom stereocenters. The van der Waals surface area contributed by atoms with Crippen LogP contribution in [0.3, 0.4) is 0 Å². The molecule has 0 unspecified atom stereocenters. The predicted octanol–water partition coefficient (Wildman–Crippen LogP) is -1.08. The maximum Gasteiger partial charge on any atom is 0.332 e. The van der Waals surface area contributed by atoms with E-state index in [2.05, 4.69) is 15.4 Å². The van der Waals surface area contributed by atoms with Crippen molar-refractivity contribution < 1.29 is 14.3 Å². The number of hydrogen-bond acceptors (Lipinski definition) is 4. The summed E-state index contributed by atoms with van der Waals surface area (Å²) in [5.74, 6) is -0.994. The summed E-state index contributed by atoms with van der Waals surface area (Å²) in [6.45, 7) is 0. The van der Waals surface area contributed by atoms with Crippen LogP contribution >= 0.6 is 12.4 Å². The molecule has 6 heteroatoms. The van der Waals surface area contributed by atoms with Crippen LogP contribution < -0.4 is 10.6 Å². The van der Waals surface area contributed by atoms with Crippen molar-refractivity contribution in [1.29, 1.82) is 0 Å². The van der Waals surface area contributed by atoms with Gasteiger partial charge in [0.1, 0.15) is 0 Å². The zero-order valence-corrected chi connectivity index (χ0v) is 8.03. The number of carbonyl (C=O) groups is 2. The van der Waals surface area contributed by atoms with Gasteiger partial charge in [0.25, 0.3) is 0 Å². The number of rotatable bonds is 3. The summed E-state index contributed by atoms with van der Waals surface area (Å²) in [5.41, 5.74) is 0. The van der Waals surface area contributed by atoms with Gasteiger partial charge in [-0.05, 0) is 7.05 Å². The first kappa shape index (κ1) is 13.8. The van der Waals surface area contributed by atoms with Crippen LogP contribution in [0, 0.1) is 0 Å². The van der Waals surface area contributed by atoms with E-state index in [1.807, 2.05) is 0 Å². The highest BCUT2D eigenvalue weighted by atomic mass is 35.5. The molecule has 0 aliphatic rings. The van der Waals surface area contributed by atoms with Crippen molar-refractivity contribution in [2.24, 2.45) is 0 Å². The Morgan fingerprint density at radius 2 is 1.83 bits per heavy atom. The molecule has 12 heavy (non-hydrogen) atoms. The zero-order chi connectivity index (χ0) is 8.85. The van der Waals surface area contributed by atoms with E-state index in [0.29, 0.717) is 0 Å². The van der Waals surface area contributed by atoms with Gasteiger partial charge in [-0.1, -0.05) is 0 Å². The van der Waals surface area contributed by atoms with Gasteiger partial charge in [-0.15, -0.1) is 12.4 Å². The number of likely N-dealkylation sites (N-methyl/N-ethyl adjacent to an activating group) is 2. The van der Waals surface area contributed by atoms with Crippen molar-refractivity contribution in [2.75, 3.05) is 21.2 Å². The summed E-state index contributed by atoms with van der Waals surface area (Å²) < 4.78 is 4.36. The fourth-order valence-electron chi connectivity index (χ4n) is 0.618. The summed E-state index contributed by atoms with van der Waals surface area (Å²) in [6.07, 6.45) is 0. The molecule has 0 spiro atoms. The van der Waals surface area contributed by atoms with Crippen LogP contribution in [0.4, 0.5) is 0 Å². The largest absolute Gasteiger partial charge is 0.467 e. The molecule has 0 aromatic carbocycles. The van der Waals surface area contributed by atoms with E-state index in [1.165, 1.54) is 21.2 Å². The molecule has 72 valence electrons. The summed E-state index contributed by atoms with van der Waals surface area (Å²) in [6, 6.07) is -0.912. The molecule has 0 aromatic rings. The molecule has 0 aliphatic heterocycles. The van der Waals surface area contributed by atoms with Crippen molar-refractivity contribution in [3.8, 4) is 0 Å². The van der Waals surface area contributed by atoms with Crippen molar-refractivity contribution in [2.45, 2.75) is 6.04 Å². The smallest absolute Gasteiger partial charge is 0.332 e. The molecule has 0 radical (unpaired) electrons. The highest BCUT2D eigenvalue weighted by molar-refractivity contribution is 6.01. The van der Waals surface area contributed by atoms with Crippen molar-refractivity contribution in [3.63, 3.8) is 0 Å². The Labute approximate surface area is 77.3 Å². The van der Waals surface area contributed by atoms with Gasteiger partial charge >= 0.3 is 5.97 Å². The molecule has 1 amide bonds. The Bertz CT molecular complexity index is 147. The topological polar surface area (TPSA) is 67.4 Å². The monoisotopic (exact) mass is 196 g/mol. The second kappa shape index (κ2) is 6.87. The van der Waals surface area contributed by atoms with Gasteiger partial charge in [-0.25, -0.2) is 4.79 Å². The lowest BCUT2D eigenvalue weighted by Gasteiger charge is -2.10. The molecule has 0 fully saturated rings. The molecule has 0 heterocycles. The van der Waals surface area contributed by atoms with E-state index in [-0.39, 0.29) is 12.4 Å². The maximum atomic E-state index is 10.9.